The van der Waals surface area contributed by atoms with E-state index in [1.165, 1.54) is 23.5 Å². The first kappa shape index (κ1) is 23.4. The summed E-state index contributed by atoms with van der Waals surface area (Å²) in [7, 11) is -2.32. The van der Waals surface area contributed by atoms with Crippen molar-refractivity contribution in [3.63, 3.8) is 0 Å². The lowest BCUT2D eigenvalue weighted by Gasteiger charge is -2.21. The minimum absolute atomic E-state index is 0.0137. The van der Waals surface area contributed by atoms with Crippen molar-refractivity contribution in [2.45, 2.75) is 57.5 Å². The van der Waals surface area contributed by atoms with Crippen molar-refractivity contribution in [1.29, 1.82) is 0 Å². The van der Waals surface area contributed by atoms with Gasteiger partial charge in [-0.15, -0.1) is 0 Å². The van der Waals surface area contributed by atoms with E-state index < -0.39 is 28.5 Å². The van der Waals surface area contributed by atoms with E-state index in [-0.39, 0.29) is 27.6 Å². The van der Waals surface area contributed by atoms with Gasteiger partial charge in [0.1, 0.15) is 0 Å². The van der Waals surface area contributed by atoms with Gasteiger partial charge in [0.2, 0.25) is 10.0 Å². The highest BCUT2D eigenvalue weighted by Crippen LogP contribution is 2.24. The first-order valence-electron chi connectivity index (χ1n) is 8.78. The zero-order chi connectivity index (χ0) is 20.8. The molecular weight excluding hydrogens is 392 g/mol. The molecule has 0 bridgehead atoms. The number of hydrogen-bond donors (Lipinski definition) is 1. The molecule has 7 nitrogen and oxygen atoms in total. The molecule has 27 heavy (non-hydrogen) atoms. The van der Waals surface area contributed by atoms with Gasteiger partial charge in [-0.25, -0.2) is 13.2 Å². The molecule has 0 aliphatic carbocycles. The second-order valence-electron chi connectivity index (χ2n) is 6.41. The van der Waals surface area contributed by atoms with Crippen LogP contribution in [0.2, 0.25) is 5.02 Å². The van der Waals surface area contributed by atoms with Gasteiger partial charge in [0.05, 0.1) is 15.5 Å². The van der Waals surface area contributed by atoms with E-state index >= 15 is 0 Å². The van der Waals surface area contributed by atoms with Crippen LogP contribution in [-0.2, 0) is 19.6 Å². The minimum atomic E-state index is -3.78. The van der Waals surface area contributed by atoms with Crippen LogP contribution in [0.3, 0.4) is 0 Å². The van der Waals surface area contributed by atoms with Crippen LogP contribution >= 0.6 is 11.6 Å². The largest absolute Gasteiger partial charge is 0.452 e. The van der Waals surface area contributed by atoms with Gasteiger partial charge in [-0.2, -0.15) is 4.31 Å². The molecule has 1 amide bonds. The molecule has 0 saturated heterocycles. The standard InChI is InChI=1S/C18H27ClN2O5S/c1-6-13(7-2)20-17(22)11-26-18(23)15-10-14(8-9-16(15)19)27(24,25)21(5)12(3)4/h8-10,12-13H,6-7,11H2,1-5H3,(H,20,22). The number of carbonyl (C=O) groups excluding carboxylic acids is 2. The van der Waals surface area contributed by atoms with E-state index in [2.05, 4.69) is 5.32 Å². The van der Waals surface area contributed by atoms with E-state index in [0.717, 1.165) is 18.9 Å². The lowest BCUT2D eigenvalue weighted by molar-refractivity contribution is -0.125. The second kappa shape index (κ2) is 10.1. The fraction of sp³-hybridized carbons (Fsp3) is 0.556. The summed E-state index contributed by atoms with van der Waals surface area (Å²) in [5.41, 5.74) is -0.106. The van der Waals surface area contributed by atoms with Crippen LogP contribution in [0.15, 0.2) is 23.1 Å². The number of esters is 1. The number of rotatable bonds is 9. The molecule has 0 atom stereocenters. The van der Waals surface area contributed by atoms with Gasteiger partial charge in [-0.05, 0) is 44.9 Å². The monoisotopic (exact) mass is 418 g/mol. The molecule has 1 aromatic rings. The summed E-state index contributed by atoms with van der Waals surface area (Å²) >= 11 is 6.02. The molecule has 1 aromatic carbocycles. The van der Waals surface area contributed by atoms with Gasteiger partial charge < -0.3 is 10.1 Å². The summed E-state index contributed by atoms with van der Waals surface area (Å²) in [6.45, 7) is 6.90. The number of carbonyl (C=O) groups is 2. The highest BCUT2D eigenvalue weighted by atomic mass is 35.5. The predicted molar refractivity (Wildman–Crippen MR) is 104 cm³/mol. The molecule has 0 aliphatic heterocycles. The summed E-state index contributed by atoms with van der Waals surface area (Å²) in [6.07, 6.45) is 1.54. The van der Waals surface area contributed by atoms with Crippen LogP contribution in [-0.4, -0.2) is 50.3 Å². The summed E-state index contributed by atoms with van der Waals surface area (Å²) in [6, 6.07) is 3.57. The van der Waals surface area contributed by atoms with Crippen molar-refractivity contribution in [3.8, 4) is 0 Å². The van der Waals surface area contributed by atoms with Gasteiger partial charge in [0, 0.05) is 19.1 Å². The fourth-order valence-corrected chi connectivity index (χ4v) is 3.83. The minimum Gasteiger partial charge on any atom is -0.452 e. The number of ether oxygens (including phenoxy) is 1. The fourth-order valence-electron chi connectivity index (χ4n) is 2.24. The number of amides is 1. The molecule has 0 aliphatic rings. The Labute approximate surface area is 166 Å². The normalized spacial score (nSPS) is 11.9. The molecule has 0 spiro atoms. The highest BCUT2D eigenvalue weighted by molar-refractivity contribution is 7.89. The lowest BCUT2D eigenvalue weighted by atomic mass is 10.2. The average Bonchev–Trinajstić information content (AvgIpc) is 2.63. The Balaban J connectivity index is 2.94. The van der Waals surface area contributed by atoms with Gasteiger partial charge >= 0.3 is 5.97 Å². The van der Waals surface area contributed by atoms with E-state index in [0.29, 0.717) is 0 Å². The first-order chi connectivity index (χ1) is 12.5. The molecule has 0 fully saturated rings. The number of sulfonamides is 1. The lowest BCUT2D eigenvalue weighted by Crippen LogP contribution is -2.37. The summed E-state index contributed by atoms with van der Waals surface area (Å²) in [4.78, 5) is 24.1. The zero-order valence-electron chi connectivity index (χ0n) is 16.3. The van der Waals surface area contributed by atoms with Crippen molar-refractivity contribution < 1.29 is 22.7 Å². The average molecular weight is 419 g/mol. The van der Waals surface area contributed by atoms with Crippen LogP contribution in [0.25, 0.3) is 0 Å². The molecule has 0 unspecified atom stereocenters. The van der Waals surface area contributed by atoms with Crippen molar-refractivity contribution >= 4 is 33.5 Å². The van der Waals surface area contributed by atoms with Gasteiger partial charge in [-0.1, -0.05) is 25.4 Å². The maximum absolute atomic E-state index is 12.6. The van der Waals surface area contributed by atoms with Crippen molar-refractivity contribution in [2.75, 3.05) is 13.7 Å². The van der Waals surface area contributed by atoms with Gasteiger partial charge in [0.15, 0.2) is 6.61 Å². The third-order valence-corrected chi connectivity index (χ3v) is 6.61. The van der Waals surface area contributed by atoms with Gasteiger partial charge in [-0.3, -0.25) is 4.79 Å². The molecule has 0 aromatic heterocycles. The number of hydrogen-bond acceptors (Lipinski definition) is 5. The van der Waals surface area contributed by atoms with Crippen molar-refractivity contribution in [1.82, 2.24) is 9.62 Å². The second-order valence-corrected chi connectivity index (χ2v) is 8.82. The number of nitrogens with zero attached hydrogens (tertiary/aromatic N) is 1. The highest BCUT2D eigenvalue weighted by Gasteiger charge is 2.25. The van der Waals surface area contributed by atoms with E-state index in [9.17, 15) is 18.0 Å². The molecule has 1 rings (SSSR count). The van der Waals surface area contributed by atoms with Crippen LogP contribution in [0.5, 0.6) is 0 Å². The van der Waals surface area contributed by atoms with Gasteiger partial charge in [0.25, 0.3) is 5.91 Å². The van der Waals surface area contributed by atoms with E-state index in [1.807, 2.05) is 13.8 Å². The molecular formula is C18H27ClN2O5S. The smallest absolute Gasteiger partial charge is 0.340 e. The van der Waals surface area contributed by atoms with Crippen LogP contribution < -0.4 is 5.32 Å². The predicted octanol–water partition coefficient (Wildman–Crippen LogP) is 2.83. The van der Waals surface area contributed by atoms with E-state index in [1.54, 1.807) is 13.8 Å². The SMILES string of the molecule is CCC(CC)NC(=O)COC(=O)c1cc(S(=O)(=O)N(C)C(C)C)ccc1Cl. The summed E-state index contributed by atoms with van der Waals surface area (Å²) in [5.74, 6) is -1.28. The number of halogens is 1. The van der Waals surface area contributed by atoms with Crippen molar-refractivity contribution in [2.24, 2.45) is 0 Å². The Morgan fingerprint density at radius 2 is 1.81 bits per heavy atom. The molecule has 0 saturated carbocycles. The first-order valence-corrected chi connectivity index (χ1v) is 10.6. The maximum atomic E-state index is 12.6. The molecule has 0 radical (unpaired) electrons. The molecule has 0 heterocycles. The third-order valence-electron chi connectivity index (χ3n) is 4.25. The Morgan fingerprint density at radius 1 is 1.22 bits per heavy atom. The van der Waals surface area contributed by atoms with Crippen LogP contribution in [0.4, 0.5) is 0 Å². The molecule has 9 heteroatoms. The van der Waals surface area contributed by atoms with Crippen molar-refractivity contribution in [3.05, 3.63) is 28.8 Å². The number of nitrogens with one attached hydrogen (secondary N) is 1. The van der Waals surface area contributed by atoms with E-state index in [4.69, 9.17) is 16.3 Å². The topological polar surface area (TPSA) is 92.8 Å². The third kappa shape index (κ3) is 6.19. The quantitative estimate of drug-likeness (QED) is 0.622. The van der Waals surface area contributed by atoms with Crippen LogP contribution in [0.1, 0.15) is 50.9 Å². The maximum Gasteiger partial charge on any atom is 0.340 e. The van der Waals surface area contributed by atoms with Crippen LogP contribution in [0, 0.1) is 0 Å². The Bertz CT molecular complexity index is 776. The zero-order valence-corrected chi connectivity index (χ0v) is 17.9. The Morgan fingerprint density at radius 3 is 2.33 bits per heavy atom. The molecule has 152 valence electrons. The number of benzene rings is 1. The molecule has 1 N–H and O–H groups in total. The Kier molecular flexibility index (Phi) is 8.71. The summed E-state index contributed by atoms with van der Waals surface area (Å²) < 4.78 is 31.3. The summed E-state index contributed by atoms with van der Waals surface area (Å²) in [5, 5.41) is 2.80. The Hall–Kier alpha value is -1.64.